The first-order valence-corrected chi connectivity index (χ1v) is 3.78. The Morgan fingerprint density at radius 2 is 1.45 bits per heavy atom. The highest BCUT2D eigenvalue weighted by Gasteiger charge is 2.37. The Balaban J connectivity index is 2.00. The third-order valence-electron chi connectivity index (χ3n) is 1.77. The average molecular weight is 150 g/mol. The predicted octanol–water partition coefficient (Wildman–Crippen LogP) is 1.36. The number of ether oxygens (including phenoxy) is 1. The second-order valence-electron chi connectivity index (χ2n) is 2.61. The number of hydrogen-bond donors (Lipinski definition) is 0. The van der Waals surface area contributed by atoms with E-state index in [9.17, 15) is 0 Å². The summed E-state index contributed by atoms with van der Waals surface area (Å²) in [6, 6.07) is 4.14. The quantitative estimate of drug-likeness (QED) is 0.568. The first kappa shape index (κ1) is 8.04. The Morgan fingerprint density at radius 1 is 1.00 bits per heavy atom. The largest absolute Gasteiger partial charge is 0.370 e. The monoisotopic (exact) mass is 150 g/mol. The fourth-order valence-corrected chi connectivity index (χ4v) is 1.10. The highest BCUT2D eigenvalue weighted by Crippen LogP contribution is 2.29. The molecule has 0 saturated carbocycles. The van der Waals surface area contributed by atoms with E-state index in [1.54, 1.807) is 0 Å². The van der Waals surface area contributed by atoms with Crippen LogP contribution in [0.2, 0.25) is 0 Å². The Bertz CT molecular complexity index is 179. The maximum Gasteiger partial charge on any atom is 0.0852 e. The molecule has 1 saturated heterocycles. The van der Waals surface area contributed by atoms with Crippen LogP contribution in [0.5, 0.6) is 0 Å². The molecule has 2 unspecified atom stereocenters. The molecule has 0 aromatic rings. The van der Waals surface area contributed by atoms with Gasteiger partial charge in [0.25, 0.3) is 0 Å². The number of hydrogen-bond acceptors (Lipinski definition) is 3. The molecule has 1 fully saturated rings. The molecule has 1 rings (SSSR count). The van der Waals surface area contributed by atoms with Crippen molar-refractivity contribution in [2.45, 2.75) is 37.9 Å². The lowest BCUT2D eigenvalue weighted by Gasteiger charge is -1.85. The van der Waals surface area contributed by atoms with Gasteiger partial charge in [0.2, 0.25) is 0 Å². The van der Waals surface area contributed by atoms with Crippen LogP contribution in [0.1, 0.15) is 25.7 Å². The number of rotatable bonds is 4. The molecule has 0 aromatic heterocycles. The van der Waals surface area contributed by atoms with Crippen LogP contribution in [0.4, 0.5) is 0 Å². The molecule has 58 valence electrons. The summed E-state index contributed by atoms with van der Waals surface area (Å²) in [5.74, 6) is 0. The van der Waals surface area contributed by atoms with Gasteiger partial charge in [-0.15, -0.1) is 0 Å². The molecule has 0 radical (unpaired) electrons. The van der Waals surface area contributed by atoms with Gasteiger partial charge in [0.1, 0.15) is 0 Å². The molecular formula is C8H10N2O. The summed E-state index contributed by atoms with van der Waals surface area (Å²) < 4.78 is 5.22. The van der Waals surface area contributed by atoms with Crippen LogP contribution in [0, 0.1) is 22.7 Å². The van der Waals surface area contributed by atoms with Crippen LogP contribution in [0.3, 0.4) is 0 Å². The van der Waals surface area contributed by atoms with Gasteiger partial charge in [0.15, 0.2) is 0 Å². The van der Waals surface area contributed by atoms with Gasteiger partial charge in [-0.1, -0.05) is 0 Å². The summed E-state index contributed by atoms with van der Waals surface area (Å²) in [4.78, 5) is 0. The van der Waals surface area contributed by atoms with Crippen molar-refractivity contribution in [3.05, 3.63) is 0 Å². The van der Waals surface area contributed by atoms with E-state index >= 15 is 0 Å². The zero-order valence-electron chi connectivity index (χ0n) is 6.29. The van der Waals surface area contributed by atoms with Crippen LogP contribution in [-0.2, 0) is 4.74 Å². The Hall–Kier alpha value is -1.06. The van der Waals surface area contributed by atoms with E-state index in [0.29, 0.717) is 12.8 Å². The molecule has 1 heterocycles. The summed E-state index contributed by atoms with van der Waals surface area (Å²) in [5.41, 5.74) is 0. The van der Waals surface area contributed by atoms with Crippen LogP contribution in [-0.4, -0.2) is 12.2 Å². The molecule has 3 heteroatoms. The third-order valence-corrected chi connectivity index (χ3v) is 1.77. The molecule has 0 amide bonds. The standard InChI is InChI=1S/C8H10N2O/c9-5-1-3-7-8(11-7)4-2-6-10/h7-8H,1-4H2. The molecule has 0 bridgehead atoms. The lowest BCUT2D eigenvalue weighted by molar-refractivity contribution is 0.358. The Labute approximate surface area is 66.2 Å². The summed E-state index contributed by atoms with van der Waals surface area (Å²) in [6.07, 6.45) is 3.31. The van der Waals surface area contributed by atoms with Crippen molar-refractivity contribution in [2.24, 2.45) is 0 Å². The molecular weight excluding hydrogens is 140 g/mol. The second kappa shape index (κ2) is 3.95. The van der Waals surface area contributed by atoms with E-state index in [0.717, 1.165) is 12.8 Å². The van der Waals surface area contributed by atoms with Crippen molar-refractivity contribution in [3.8, 4) is 12.1 Å². The molecule has 1 aliphatic heterocycles. The Morgan fingerprint density at radius 3 is 1.82 bits per heavy atom. The number of epoxide rings is 1. The lowest BCUT2D eigenvalue weighted by atomic mass is 10.1. The van der Waals surface area contributed by atoms with Crippen molar-refractivity contribution in [3.63, 3.8) is 0 Å². The molecule has 2 atom stereocenters. The van der Waals surface area contributed by atoms with Gasteiger partial charge in [0.05, 0.1) is 24.3 Å². The molecule has 0 spiro atoms. The second-order valence-corrected chi connectivity index (χ2v) is 2.61. The van der Waals surface area contributed by atoms with Crippen molar-refractivity contribution < 1.29 is 4.74 Å². The minimum Gasteiger partial charge on any atom is -0.370 e. The zero-order chi connectivity index (χ0) is 8.10. The minimum atomic E-state index is 0.267. The number of nitriles is 2. The fraction of sp³-hybridized carbons (Fsp3) is 0.750. The van der Waals surface area contributed by atoms with Crippen LogP contribution < -0.4 is 0 Å². The molecule has 3 nitrogen and oxygen atoms in total. The average Bonchev–Trinajstić information content (AvgIpc) is 2.76. The number of nitrogens with zero attached hydrogens (tertiary/aromatic N) is 2. The van der Waals surface area contributed by atoms with E-state index in [-0.39, 0.29) is 12.2 Å². The van der Waals surface area contributed by atoms with E-state index in [1.165, 1.54) is 0 Å². The fourth-order valence-electron chi connectivity index (χ4n) is 1.10. The molecule has 11 heavy (non-hydrogen) atoms. The van der Waals surface area contributed by atoms with E-state index < -0.39 is 0 Å². The van der Waals surface area contributed by atoms with Crippen LogP contribution in [0.25, 0.3) is 0 Å². The minimum absolute atomic E-state index is 0.267. The lowest BCUT2D eigenvalue weighted by Crippen LogP contribution is -1.92. The maximum absolute atomic E-state index is 8.25. The smallest absolute Gasteiger partial charge is 0.0852 e. The van der Waals surface area contributed by atoms with E-state index in [1.807, 2.05) is 0 Å². The third kappa shape index (κ3) is 2.57. The van der Waals surface area contributed by atoms with E-state index in [4.69, 9.17) is 15.3 Å². The van der Waals surface area contributed by atoms with Crippen LogP contribution >= 0.6 is 0 Å². The Kier molecular flexibility index (Phi) is 2.89. The van der Waals surface area contributed by atoms with E-state index in [2.05, 4.69) is 12.1 Å². The van der Waals surface area contributed by atoms with Gasteiger partial charge < -0.3 is 4.74 Å². The summed E-state index contributed by atoms with van der Waals surface area (Å²) >= 11 is 0. The SMILES string of the molecule is N#CCCC1OC1CCC#N. The first-order valence-electron chi connectivity index (χ1n) is 3.78. The topological polar surface area (TPSA) is 60.1 Å². The van der Waals surface area contributed by atoms with Gasteiger partial charge in [-0.3, -0.25) is 0 Å². The molecule has 0 aromatic carbocycles. The van der Waals surface area contributed by atoms with Gasteiger partial charge in [0, 0.05) is 12.8 Å². The van der Waals surface area contributed by atoms with Gasteiger partial charge in [-0.25, -0.2) is 0 Å². The summed E-state index contributed by atoms with van der Waals surface area (Å²) in [6.45, 7) is 0. The van der Waals surface area contributed by atoms with Gasteiger partial charge in [-0.05, 0) is 12.8 Å². The van der Waals surface area contributed by atoms with Crippen LogP contribution in [0.15, 0.2) is 0 Å². The zero-order valence-corrected chi connectivity index (χ0v) is 6.29. The highest BCUT2D eigenvalue weighted by atomic mass is 16.6. The van der Waals surface area contributed by atoms with Crippen molar-refractivity contribution >= 4 is 0 Å². The van der Waals surface area contributed by atoms with Crippen molar-refractivity contribution in [1.29, 1.82) is 10.5 Å². The normalized spacial score (nSPS) is 27.1. The molecule has 1 aliphatic rings. The molecule has 0 N–H and O–H groups in total. The first-order chi connectivity index (χ1) is 5.38. The highest BCUT2D eigenvalue weighted by molar-refractivity contribution is 4.89. The van der Waals surface area contributed by atoms with Crippen molar-refractivity contribution in [1.82, 2.24) is 0 Å². The van der Waals surface area contributed by atoms with Crippen molar-refractivity contribution in [2.75, 3.05) is 0 Å². The summed E-state index contributed by atoms with van der Waals surface area (Å²) in [5, 5.41) is 16.5. The maximum atomic E-state index is 8.25. The van der Waals surface area contributed by atoms with Gasteiger partial charge in [-0.2, -0.15) is 10.5 Å². The predicted molar refractivity (Wildman–Crippen MR) is 38.4 cm³/mol. The molecule has 0 aliphatic carbocycles. The summed E-state index contributed by atoms with van der Waals surface area (Å²) in [7, 11) is 0. The van der Waals surface area contributed by atoms with Gasteiger partial charge >= 0.3 is 0 Å².